The minimum Gasteiger partial charge on any atom is -0.457 e. The fourth-order valence-electron chi connectivity index (χ4n) is 9.41. The number of nitrogens with two attached hydrogens (primary N) is 1. The zero-order chi connectivity index (χ0) is 55.5. The lowest BCUT2D eigenvalue weighted by Crippen LogP contribution is -2.50. The summed E-state index contributed by atoms with van der Waals surface area (Å²) in [6.45, 7) is 11.8. The maximum atomic E-state index is 14.4. The molecule has 0 saturated carbocycles. The Morgan fingerprint density at radius 1 is 0.960 bits per heavy atom. The molecule has 1 aromatic heterocycles. The van der Waals surface area contributed by atoms with Gasteiger partial charge in [0, 0.05) is 70.5 Å². The summed E-state index contributed by atoms with van der Waals surface area (Å²) in [5.74, 6) is -4.30. The number of benzene rings is 2. The molecule has 0 spiro atoms. The number of aryl methyl sites for hydroxylation is 2. The number of carbonyl (C=O) groups excluding carboxylic acids is 7. The highest BCUT2D eigenvalue weighted by atomic mass is 16.7. The first-order valence-electron chi connectivity index (χ1n) is 25.1. The number of esters is 1. The average Bonchev–Trinajstić information content (AvgIpc) is 3.94. The molecule has 2 aliphatic heterocycles. The quantitative estimate of drug-likeness (QED) is 0.0646. The second kappa shape index (κ2) is 25.7. The Hall–Kier alpha value is -6.65. The molecular formula is C54H77N9O12. The van der Waals surface area contributed by atoms with Crippen LogP contribution in [0.5, 0.6) is 0 Å². The van der Waals surface area contributed by atoms with E-state index in [2.05, 4.69) is 38.1 Å². The van der Waals surface area contributed by atoms with Crippen molar-refractivity contribution in [2.45, 2.75) is 129 Å². The monoisotopic (exact) mass is 1040 g/mol. The molecule has 1 fully saturated rings. The Kier molecular flexibility index (Phi) is 20.3. The number of primary amides is 1. The van der Waals surface area contributed by atoms with Crippen molar-refractivity contribution in [2.24, 2.45) is 11.7 Å². The molecule has 1 saturated heterocycles. The van der Waals surface area contributed by atoms with E-state index in [9.17, 15) is 38.7 Å². The molecule has 21 heteroatoms. The first-order chi connectivity index (χ1) is 35.3. The van der Waals surface area contributed by atoms with Crippen molar-refractivity contribution >= 4 is 58.2 Å². The Morgan fingerprint density at radius 2 is 1.61 bits per heavy atom. The molecule has 410 valence electrons. The van der Waals surface area contributed by atoms with Crippen LogP contribution in [0, 0.1) is 19.8 Å². The molecule has 2 unspecified atom stereocenters. The van der Waals surface area contributed by atoms with Gasteiger partial charge in [0.25, 0.3) is 0 Å². The van der Waals surface area contributed by atoms with E-state index < -0.39 is 96.4 Å². The summed E-state index contributed by atoms with van der Waals surface area (Å²) in [6.07, 6.45) is 0.614. The van der Waals surface area contributed by atoms with Crippen LogP contribution in [-0.4, -0.2) is 158 Å². The number of anilines is 1. The summed E-state index contributed by atoms with van der Waals surface area (Å²) in [5, 5.41) is 22.2. The van der Waals surface area contributed by atoms with Crippen LogP contribution in [0.4, 0.5) is 10.5 Å². The molecule has 2 bridgehead atoms. The second-order valence-corrected chi connectivity index (χ2v) is 20.2. The summed E-state index contributed by atoms with van der Waals surface area (Å²) in [4.78, 5) is 94.9. The Labute approximate surface area is 439 Å². The lowest BCUT2D eigenvalue weighted by molar-refractivity contribution is -0.161. The topological polar surface area (TPSA) is 269 Å². The lowest BCUT2D eigenvalue weighted by Gasteiger charge is -2.35. The van der Waals surface area contributed by atoms with Crippen molar-refractivity contribution in [3.05, 3.63) is 88.7 Å². The predicted octanol–water partition coefficient (Wildman–Crippen LogP) is 2.85. The number of hydrazine groups is 1. The SMILES string of the molecule is CNN(C)Cc1cc2ccccc2n1CCC(=O)NCC(=O)NCC(=O)NCC(=O)N(C)[C@@H](C)C(=O)O[C@H]1CC(=O)N(C)c2cc(cc(C)c2C)C/C(C)=C/C=C/[C@@H](OC)C(C)(O)C[C@H](OC(N)=O)[C@@H](C)C2O[C@]21C. The predicted molar refractivity (Wildman–Crippen MR) is 282 cm³/mol. The number of carbonyl (C=O) groups is 7. The normalized spacial score (nSPS) is 24.8. The molecule has 2 aliphatic rings. The molecule has 3 aromatic rings. The molecule has 0 radical (unpaired) electrons. The van der Waals surface area contributed by atoms with Gasteiger partial charge >= 0.3 is 12.1 Å². The highest BCUT2D eigenvalue weighted by Crippen LogP contribution is 2.49. The number of nitrogens with zero attached hydrogens (tertiary/aromatic N) is 4. The number of fused-ring (bicyclic) bond motifs is 4. The molecule has 21 nitrogen and oxygen atoms in total. The van der Waals surface area contributed by atoms with Crippen LogP contribution in [-0.2, 0) is 67.2 Å². The third kappa shape index (κ3) is 15.5. The van der Waals surface area contributed by atoms with E-state index in [1.807, 2.05) is 76.3 Å². The summed E-state index contributed by atoms with van der Waals surface area (Å²) >= 11 is 0. The van der Waals surface area contributed by atoms with Crippen molar-refractivity contribution in [1.82, 2.24) is 35.9 Å². The molecule has 8 atom stereocenters. The van der Waals surface area contributed by atoms with Crippen molar-refractivity contribution in [2.75, 3.05) is 59.8 Å². The summed E-state index contributed by atoms with van der Waals surface area (Å²) in [5.41, 5.74) is 12.1. The van der Waals surface area contributed by atoms with E-state index in [4.69, 9.17) is 24.7 Å². The van der Waals surface area contributed by atoms with E-state index in [0.717, 1.165) is 43.8 Å². The third-order valence-electron chi connectivity index (χ3n) is 14.4. The van der Waals surface area contributed by atoms with Crippen LogP contribution >= 0.6 is 0 Å². The second-order valence-electron chi connectivity index (χ2n) is 20.2. The van der Waals surface area contributed by atoms with Gasteiger partial charge < -0.3 is 60.1 Å². The average molecular weight is 1040 g/mol. The van der Waals surface area contributed by atoms with Gasteiger partial charge in [-0.3, -0.25) is 29.4 Å². The Bertz CT molecular complexity index is 2650. The highest BCUT2D eigenvalue weighted by molar-refractivity contribution is 5.95. The molecule has 0 aliphatic carbocycles. The number of allylic oxidation sites excluding steroid dienone is 3. The van der Waals surface area contributed by atoms with Crippen molar-refractivity contribution in [3.8, 4) is 0 Å². The van der Waals surface area contributed by atoms with Gasteiger partial charge in [-0.25, -0.2) is 14.6 Å². The van der Waals surface area contributed by atoms with Crippen LogP contribution in [0.2, 0.25) is 0 Å². The Morgan fingerprint density at radius 3 is 2.27 bits per heavy atom. The first kappa shape index (κ1) is 59.2. The number of hydrogen-bond donors (Lipinski definition) is 6. The van der Waals surface area contributed by atoms with Crippen LogP contribution in [0.15, 0.2) is 66.3 Å². The largest absolute Gasteiger partial charge is 0.457 e. The fraction of sp³-hybridized carbons (Fsp3) is 0.537. The molecule has 7 N–H and O–H groups in total. The number of rotatable bonds is 17. The molecule has 3 heterocycles. The molecule has 2 aromatic carbocycles. The van der Waals surface area contributed by atoms with Gasteiger partial charge in [-0.15, -0.1) is 0 Å². The van der Waals surface area contributed by atoms with E-state index >= 15 is 0 Å². The number of likely N-dealkylation sites (N-methyl/N-ethyl adjacent to an activating group) is 1. The fourth-order valence-corrected chi connectivity index (χ4v) is 9.41. The Balaban J connectivity index is 1.22. The van der Waals surface area contributed by atoms with Crippen LogP contribution in [0.3, 0.4) is 0 Å². The van der Waals surface area contributed by atoms with Crippen LogP contribution in [0.25, 0.3) is 10.9 Å². The number of aromatic nitrogens is 1. The van der Waals surface area contributed by atoms with Crippen molar-refractivity contribution in [3.63, 3.8) is 0 Å². The minimum atomic E-state index is -1.59. The number of epoxide rings is 1. The molecule has 75 heavy (non-hydrogen) atoms. The number of hydrogen-bond acceptors (Lipinski definition) is 14. The van der Waals surface area contributed by atoms with Gasteiger partial charge in [0.15, 0.2) is 0 Å². The van der Waals surface area contributed by atoms with Crippen molar-refractivity contribution < 1.29 is 57.6 Å². The molecule has 5 rings (SSSR count). The number of aliphatic hydroxyl groups is 1. The lowest BCUT2D eigenvalue weighted by atomic mass is 9.82. The van der Waals surface area contributed by atoms with Gasteiger partial charge in [0.1, 0.15) is 30.0 Å². The van der Waals surface area contributed by atoms with Crippen LogP contribution < -0.4 is 32.0 Å². The molecule has 6 amide bonds. The maximum absolute atomic E-state index is 14.4. The van der Waals surface area contributed by atoms with E-state index in [0.29, 0.717) is 25.2 Å². The molecular weight excluding hydrogens is 967 g/mol. The first-order valence-corrected chi connectivity index (χ1v) is 25.1. The zero-order valence-electron chi connectivity index (χ0n) is 45.4. The van der Waals surface area contributed by atoms with Gasteiger partial charge in [-0.2, -0.15) is 0 Å². The van der Waals surface area contributed by atoms with Crippen LogP contribution in [0.1, 0.15) is 76.3 Å². The van der Waals surface area contributed by atoms with E-state index in [1.165, 1.54) is 26.0 Å². The van der Waals surface area contributed by atoms with E-state index in [-0.39, 0.29) is 31.7 Å². The number of amides is 6. The standard InChI is InChI=1S/C54H77N9O12/c1-32-16-15-19-43(72-12)53(6,71)27-42(73-52(55)70)35(4)50-54(7,75-50)44(26-48(67)62(11)41-24-37(22-32)23-33(2)34(41)3)74-51(69)36(5)61(10)49(68)30-59-47(66)29-58-46(65)28-57-45(64)20-21-63-39(31-60(9)56-8)25-38-17-13-14-18-40(38)63/h13-19,23-25,35-36,42-44,50,56,71H,20-22,26-31H2,1-12H3,(H2,55,70)(H,57,64)(H,58,65)(H,59,66)/b19-15+,32-16+/t35-,36+,42+,43-,44+,50?,53?,54+/m1/s1. The van der Waals surface area contributed by atoms with Crippen molar-refractivity contribution in [1.29, 1.82) is 0 Å². The number of methoxy groups -OCH3 is 1. The van der Waals surface area contributed by atoms with Gasteiger partial charge in [0.2, 0.25) is 29.5 Å². The third-order valence-corrected chi connectivity index (χ3v) is 14.4. The minimum absolute atomic E-state index is 0.105. The van der Waals surface area contributed by atoms with Gasteiger partial charge in [-0.1, -0.05) is 55.0 Å². The van der Waals surface area contributed by atoms with Gasteiger partial charge in [-0.05, 0) is 95.3 Å². The summed E-state index contributed by atoms with van der Waals surface area (Å²) in [7, 11) is 8.18. The highest BCUT2D eigenvalue weighted by Gasteiger charge is 2.64. The summed E-state index contributed by atoms with van der Waals surface area (Å²) < 4.78 is 25.8. The smallest absolute Gasteiger partial charge is 0.404 e. The zero-order valence-corrected chi connectivity index (χ0v) is 45.4. The number of ether oxygens (including phenoxy) is 4. The van der Waals surface area contributed by atoms with E-state index in [1.54, 1.807) is 40.0 Å². The maximum Gasteiger partial charge on any atom is 0.404 e. The summed E-state index contributed by atoms with van der Waals surface area (Å²) in [6, 6.07) is 12.7. The number of para-hydroxylation sites is 1. The number of nitrogens with one attached hydrogen (secondary N) is 4. The van der Waals surface area contributed by atoms with Gasteiger partial charge in [0.05, 0.1) is 44.3 Å².